The zero-order valence-corrected chi connectivity index (χ0v) is 11.3. The first kappa shape index (κ1) is 11.3. The largest absolute Gasteiger partial charge is 0.339 e. The molecule has 0 fully saturated rings. The van der Waals surface area contributed by atoms with Gasteiger partial charge in [0.15, 0.2) is 0 Å². The SMILES string of the molecule is CN(Cc1cnn(C)c1)c1ncc(I)cn1. The molecule has 0 radical (unpaired) electrons. The van der Waals surface area contributed by atoms with Crippen molar-refractivity contribution in [3.8, 4) is 0 Å². The van der Waals surface area contributed by atoms with E-state index < -0.39 is 0 Å². The van der Waals surface area contributed by atoms with Crippen LogP contribution in [-0.2, 0) is 13.6 Å². The van der Waals surface area contributed by atoms with Gasteiger partial charge < -0.3 is 4.90 Å². The van der Waals surface area contributed by atoms with E-state index in [0.717, 1.165) is 21.6 Å². The highest BCUT2D eigenvalue weighted by Crippen LogP contribution is 2.10. The van der Waals surface area contributed by atoms with Gasteiger partial charge in [-0.15, -0.1) is 0 Å². The Morgan fingerprint density at radius 2 is 2.00 bits per heavy atom. The van der Waals surface area contributed by atoms with Crippen molar-refractivity contribution in [2.45, 2.75) is 6.54 Å². The Hall–Kier alpha value is -1.18. The molecule has 0 aliphatic heterocycles. The van der Waals surface area contributed by atoms with E-state index in [1.54, 1.807) is 4.68 Å². The summed E-state index contributed by atoms with van der Waals surface area (Å²) in [4.78, 5) is 10.5. The first-order chi connectivity index (χ1) is 7.65. The number of aryl methyl sites for hydroxylation is 1. The van der Waals surface area contributed by atoms with Gasteiger partial charge in [-0.05, 0) is 22.6 Å². The number of aromatic nitrogens is 4. The van der Waals surface area contributed by atoms with Crippen LogP contribution in [0.15, 0.2) is 24.8 Å². The number of hydrogen-bond acceptors (Lipinski definition) is 4. The molecule has 2 rings (SSSR count). The van der Waals surface area contributed by atoms with E-state index in [0.29, 0.717) is 0 Å². The molecule has 2 aromatic rings. The maximum Gasteiger partial charge on any atom is 0.225 e. The maximum absolute atomic E-state index is 4.26. The molecular weight excluding hydrogens is 317 g/mol. The minimum atomic E-state index is 0.726. The third kappa shape index (κ3) is 2.69. The molecule has 84 valence electrons. The molecule has 0 saturated heterocycles. The van der Waals surface area contributed by atoms with Gasteiger partial charge in [0.25, 0.3) is 0 Å². The van der Waals surface area contributed by atoms with Crippen molar-refractivity contribution in [2.24, 2.45) is 7.05 Å². The summed E-state index contributed by atoms with van der Waals surface area (Å²) in [5.41, 5.74) is 1.15. The summed E-state index contributed by atoms with van der Waals surface area (Å²) in [6.07, 6.45) is 7.46. The molecule has 2 aromatic heterocycles. The van der Waals surface area contributed by atoms with Crippen LogP contribution >= 0.6 is 22.6 Å². The van der Waals surface area contributed by atoms with Crippen LogP contribution in [-0.4, -0.2) is 26.8 Å². The van der Waals surface area contributed by atoms with Crippen molar-refractivity contribution in [2.75, 3.05) is 11.9 Å². The molecule has 2 heterocycles. The van der Waals surface area contributed by atoms with Crippen LogP contribution in [0.2, 0.25) is 0 Å². The second-order valence-corrected chi connectivity index (χ2v) is 4.83. The predicted molar refractivity (Wildman–Crippen MR) is 70.1 cm³/mol. The molecule has 5 nitrogen and oxygen atoms in total. The van der Waals surface area contributed by atoms with Crippen LogP contribution < -0.4 is 4.90 Å². The standard InChI is InChI=1S/C10H12IN5/c1-15(6-8-3-14-16(2)7-8)10-12-4-9(11)5-13-10/h3-5,7H,6H2,1-2H3. The van der Waals surface area contributed by atoms with Crippen molar-refractivity contribution >= 4 is 28.5 Å². The van der Waals surface area contributed by atoms with E-state index in [1.165, 1.54) is 0 Å². The van der Waals surface area contributed by atoms with Crippen LogP contribution in [0.4, 0.5) is 5.95 Å². The average molecular weight is 329 g/mol. The quantitative estimate of drug-likeness (QED) is 0.800. The number of hydrogen-bond donors (Lipinski definition) is 0. The second kappa shape index (κ2) is 4.77. The topological polar surface area (TPSA) is 46.8 Å². The molecule has 0 aliphatic carbocycles. The molecule has 0 bridgehead atoms. The summed E-state index contributed by atoms with van der Waals surface area (Å²) < 4.78 is 2.83. The summed E-state index contributed by atoms with van der Waals surface area (Å²) in [7, 11) is 3.88. The zero-order valence-electron chi connectivity index (χ0n) is 9.13. The molecule has 0 aromatic carbocycles. The molecule has 0 amide bonds. The number of anilines is 1. The smallest absolute Gasteiger partial charge is 0.225 e. The van der Waals surface area contributed by atoms with Crippen LogP contribution in [0.5, 0.6) is 0 Å². The molecular formula is C10H12IN5. The summed E-state index contributed by atoms with van der Waals surface area (Å²) in [5.74, 6) is 0.726. The minimum Gasteiger partial charge on any atom is -0.339 e. The Bertz CT molecular complexity index is 464. The van der Waals surface area contributed by atoms with E-state index in [1.807, 2.05) is 43.8 Å². The summed E-state index contributed by atoms with van der Waals surface area (Å²) in [5, 5.41) is 4.13. The second-order valence-electron chi connectivity index (χ2n) is 3.58. The third-order valence-electron chi connectivity index (χ3n) is 2.13. The fourth-order valence-electron chi connectivity index (χ4n) is 1.40. The maximum atomic E-state index is 4.26. The highest BCUT2D eigenvalue weighted by molar-refractivity contribution is 14.1. The lowest BCUT2D eigenvalue weighted by atomic mass is 10.3. The summed E-state index contributed by atoms with van der Waals surface area (Å²) in [6.45, 7) is 0.758. The summed E-state index contributed by atoms with van der Waals surface area (Å²) >= 11 is 2.19. The number of rotatable bonds is 3. The minimum absolute atomic E-state index is 0.726. The van der Waals surface area contributed by atoms with Crippen molar-refractivity contribution in [3.05, 3.63) is 33.9 Å². The lowest BCUT2D eigenvalue weighted by Crippen LogP contribution is -2.18. The molecule has 0 aliphatic rings. The molecule has 16 heavy (non-hydrogen) atoms. The Balaban J connectivity index is 2.08. The van der Waals surface area contributed by atoms with Crippen LogP contribution in [0.3, 0.4) is 0 Å². The molecule has 0 saturated carbocycles. The van der Waals surface area contributed by atoms with E-state index in [-0.39, 0.29) is 0 Å². The monoisotopic (exact) mass is 329 g/mol. The van der Waals surface area contributed by atoms with Gasteiger partial charge >= 0.3 is 0 Å². The molecule has 6 heteroatoms. The van der Waals surface area contributed by atoms with Crippen molar-refractivity contribution in [1.82, 2.24) is 19.7 Å². The first-order valence-electron chi connectivity index (χ1n) is 4.81. The van der Waals surface area contributed by atoms with E-state index in [4.69, 9.17) is 0 Å². The van der Waals surface area contributed by atoms with Crippen molar-refractivity contribution in [3.63, 3.8) is 0 Å². The molecule has 0 N–H and O–H groups in total. The van der Waals surface area contributed by atoms with E-state index >= 15 is 0 Å². The lowest BCUT2D eigenvalue weighted by Gasteiger charge is -2.15. The Kier molecular flexibility index (Phi) is 3.37. The molecule has 0 unspecified atom stereocenters. The Morgan fingerprint density at radius 1 is 1.31 bits per heavy atom. The summed E-state index contributed by atoms with van der Waals surface area (Å²) in [6, 6.07) is 0. The van der Waals surface area contributed by atoms with Crippen molar-refractivity contribution < 1.29 is 0 Å². The van der Waals surface area contributed by atoms with Gasteiger partial charge in [-0.25, -0.2) is 9.97 Å². The lowest BCUT2D eigenvalue weighted by molar-refractivity contribution is 0.766. The van der Waals surface area contributed by atoms with Crippen molar-refractivity contribution in [1.29, 1.82) is 0 Å². The molecule has 0 spiro atoms. The van der Waals surface area contributed by atoms with Gasteiger partial charge in [-0.2, -0.15) is 5.10 Å². The van der Waals surface area contributed by atoms with Crippen LogP contribution in [0, 0.1) is 3.57 Å². The van der Waals surface area contributed by atoms with Crippen LogP contribution in [0.25, 0.3) is 0 Å². The van der Waals surface area contributed by atoms with Gasteiger partial charge in [0, 0.05) is 48.4 Å². The normalized spacial score (nSPS) is 10.4. The Labute approximate surface area is 108 Å². The highest BCUT2D eigenvalue weighted by Gasteiger charge is 2.05. The third-order valence-corrected chi connectivity index (χ3v) is 2.68. The number of halogens is 1. The van der Waals surface area contributed by atoms with E-state index in [9.17, 15) is 0 Å². The fraction of sp³-hybridized carbons (Fsp3) is 0.300. The van der Waals surface area contributed by atoms with Gasteiger partial charge in [-0.3, -0.25) is 4.68 Å². The fourth-order valence-corrected chi connectivity index (χ4v) is 1.68. The van der Waals surface area contributed by atoms with Gasteiger partial charge in [0.1, 0.15) is 0 Å². The number of nitrogens with zero attached hydrogens (tertiary/aromatic N) is 5. The van der Waals surface area contributed by atoms with Gasteiger partial charge in [-0.1, -0.05) is 0 Å². The molecule has 0 atom stereocenters. The van der Waals surface area contributed by atoms with Gasteiger partial charge in [0.05, 0.1) is 6.20 Å². The average Bonchev–Trinajstić information content (AvgIpc) is 2.65. The highest BCUT2D eigenvalue weighted by atomic mass is 127. The first-order valence-corrected chi connectivity index (χ1v) is 5.89. The van der Waals surface area contributed by atoms with Gasteiger partial charge in [0.2, 0.25) is 5.95 Å². The predicted octanol–water partition coefficient (Wildman–Crippen LogP) is 1.45. The Morgan fingerprint density at radius 3 is 2.56 bits per heavy atom. The van der Waals surface area contributed by atoms with Crippen LogP contribution in [0.1, 0.15) is 5.56 Å². The van der Waals surface area contributed by atoms with E-state index in [2.05, 4.69) is 37.7 Å². The zero-order chi connectivity index (χ0) is 11.5.